The lowest BCUT2D eigenvalue weighted by Crippen LogP contribution is -2.42. The maximum Gasteiger partial charge on any atom is 0.434 e. The van der Waals surface area contributed by atoms with Crippen molar-refractivity contribution < 1.29 is 22.4 Å². The molecule has 242 valence electrons. The Labute approximate surface area is 267 Å². The average molecular weight is 662 g/mol. The molecule has 1 unspecified atom stereocenters. The zero-order chi connectivity index (χ0) is 32.9. The second-order valence-electron chi connectivity index (χ2n) is 13.0. The zero-order valence-corrected chi connectivity index (χ0v) is 28.4. The van der Waals surface area contributed by atoms with Crippen molar-refractivity contribution >= 4 is 31.6 Å². The molecule has 1 aromatic carbocycles. The maximum absolute atomic E-state index is 13.3. The summed E-state index contributed by atoms with van der Waals surface area (Å²) in [5.74, 6) is 0.825. The molecule has 0 spiro atoms. The summed E-state index contributed by atoms with van der Waals surface area (Å²) in [5.41, 5.74) is 1.71. The Morgan fingerprint density at radius 1 is 1.13 bits per heavy atom. The molecular formula is C31H39ClF3N7O2Si. The number of carbonyl (C=O) groups excluding carboxylic acids is 1. The number of hydrogen-bond donors (Lipinski definition) is 0. The molecule has 3 aromatic heterocycles. The highest BCUT2D eigenvalue weighted by Crippen LogP contribution is 2.38. The van der Waals surface area contributed by atoms with E-state index in [1.54, 1.807) is 47.0 Å². The first kappa shape index (κ1) is 33.0. The maximum atomic E-state index is 13.3. The van der Waals surface area contributed by atoms with Gasteiger partial charge in [0.25, 0.3) is 0 Å². The molecule has 0 N–H and O–H groups in total. The van der Waals surface area contributed by atoms with Crippen molar-refractivity contribution in [1.82, 2.24) is 29.1 Å². The Morgan fingerprint density at radius 2 is 1.82 bits per heavy atom. The number of hydrogen-bond acceptors (Lipinski definition) is 5. The van der Waals surface area contributed by atoms with Crippen LogP contribution in [0.2, 0.25) is 23.2 Å². The summed E-state index contributed by atoms with van der Waals surface area (Å²) in [5, 5.41) is 9.88. The lowest BCUT2D eigenvalue weighted by atomic mass is 10.1. The van der Waals surface area contributed by atoms with E-state index in [0.29, 0.717) is 47.5 Å². The van der Waals surface area contributed by atoms with Crippen LogP contribution < -0.4 is 4.90 Å². The molecule has 1 aliphatic heterocycles. The monoisotopic (exact) mass is 661 g/mol. The molecular weight excluding hydrogens is 623 g/mol. The largest absolute Gasteiger partial charge is 0.434 e. The second kappa shape index (κ2) is 12.1. The summed E-state index contributed by atoms with van der Waals surface area (Å²) in [7, 11) is -1.97. The molecule has 1 aliphatic rings. The van der Waals surface area contributed by atoms with Crippen molar-refractivity contribution in [3.8, 4) is 22.8 Å². The predicted octanol–water partition coefficient (Wildman–Crippen LogP) is 7.82. The first-order chi connectivity index (χ1) is 21.0. The molecule has 4 aromatic rings. The molecule has 4 heterocycles. The van der Waals surface area contributed by atoms with E-state index < -0.39 is 20.2 Å². The normalized spacial score (nSPS) is 15.1. The number of fused-ring (bicyclic) bond motifs is 1. The standard InChI is InChI=1S/C31H39ClF3N7O2Si/c1-8-39-18-25(31(33,34)35)37-29(39)22-11-9-21(10-12-22)17-40-26-15-24(38-41(26)14-13-27(40)43)28-23(32)16-36-42(28)20(2)19-44-45(6,7)30(3,4)5/h9-12,15-16,18,20H,8,13-14,17,19H2,1-7H3. The first-order valence-electron chi connectivity index (χ1n) is 15.0. The minimum absolute atomic E-state index is 0.0508. The Hall–Kier alpha value is -3.42. The topological polar surface area (TPSA) is 83.0 Å². The van der Waals surface area contributed by atoms with Gasteiger partial charge in [-0.15, -0.1) is 0 Å². The van der Waals surface area contributed by atoms with Gasteiger partial charge in [0.1, 0.15) is 23.0 Å². The summed E-state index contributed by atoms with van der Waals surface area (Å²) >= 11 is 6.64. The molecule has 0 aliphatic carbocycles. The molecule has 0 bridgehead atoms. The van der Waals surface area contributed by atoms with Crippen LogP contribution in [0.5, 0.6) is 0 Å². The molecule has 0 saturated heterocycles. The van der Waals surface area contributed by atoms with Gasteiger partial charge in [-0.3, -0.25) is 14.4 Å². The van der Waals surface area contributed by atoms with Gasteiger partial charge >= 0.3 is 6.18 Å². The number of amides is 1. The van der Waals surface area contributed by atoms with Gasteiger partial charge in [0.05, 0.1) is 37.0 Å². The minimum Gasteiger partial charge on any atom is -0.415 e. The van der Waals surface area contributed by atoms with E-state index in [9.17, 15) is 18.0 Å². The zero-order valence-electron chi connectivity index (χ0n) is 26.6. The highest BCUT2D eigenvalue weighted by molar-refractivity contribution is 6.74. The fourth-order valence-electron chi connectivity index (χ4n) is 5.03. The Bertz CT molecular complexity index is 1690. The highest BCUT2D eigenvalue weighted by atomic mass is 35.5. The summed E-state index contributed by atoms with van der Waals surface area (Å²) in [6.07, 6.45) is -1.62. The van der Waals surface area contributed by atoms with E-state index in [0.717, 1.165) is 11.8 Å². The second-order valence-corrected chi connectivity index (χ2v) is 18.2. The van der Waals surface area contributed by atoms with Crippen LogP contribution in [0.15, 0.2) is 42.7 Å². The minimum atomic E-state index is -4.52. The Morgan fingerprint density at radius 3 is 2.44 bits per heavy atom. The predicted molar refractivity (Wildman–Crippen MR) is 170 cm³/mol. The van der Waals surface area contributed by atoms with Gasteiger partial charge in [0.2, 0.25) is 5.91 Å². The molecule has 0 saturated carbocycles. The van der Waals surface area contributed by atoms with E-state index in [1.807, 2.05) is 17.7 Å². The molecule has 0 fully saturated rings. The quantitative estimate of drug-likeness (QED) is 0.171. The van der Waals surface area contributed by atoms with Gasteiger partial charge in [-0.1, -0.05) is 56.6 Å². The number of halogens is 4. The van der Waals surface area contributed by atoms with E-state index in [1.165, 1.54) is 4.57 Å². The van der Waals surface area contributed by atoms with Gasteiger partial charge < -0.3 is 8.99 Å². The Kier molecular flexibility index (Phi) is 8.84. The molecule has 1 atom stereocenters. The number of benzene rings is 1. The molecule has 0 radical (unpaired) electrons. The molecule has 9 nitrogen and oxygen atoms in total. The van der Waals surface area contributed by atoms with Crippen molar-refractivity contribution in [2.45, 2.75) is 91.0 Å². The summed E-state index contributed by atoms with van der Waals surface area (Å²) in [6, 6.07) is 8.81. The summed E-state index contributed by atoms with van der Waals surface area (Å²) in [6.45, 7) is 16.3. The van der Waals surface area contributed by atoms with Crippen LogP contribution in [0.4, 0.5) is 19.0 Å². The van der Waals surface area contributed by atoms with Gasteiger partial charge in [-0.05, 0) is 37.5 Å². The number of carbonyl (C=O) groups is 1. The van der Waals surface area contributed by atoms with Crippen LogP contribution in [-0.4, -0.2) is 49.9 Å². The number of nitrogens with zero attached hydrogens (tertiary/aromatic N) is 7. The van der Waals surface area contributed by atoms with Crippen molar-refractivity contribution in [3.63, 3.8) is 0 Å². The Balaban J connectivity index is 1.38. The highest BCUT2D eigenvalue weighted by Gasteiger charge is 2.38. The lowest BCUT2D eigenvalue weighted by Gasteiger charge is -2.37. The van der Waals surface area contributed by atoms with E-state index >= 15 is 0 Å². The number of aromatic nitrogens is 6. The van der Waals surface area contributed by atoms with Gasteiger partial charge in [-0.25, -0.2) is 9.67 Å². The van der Waals surface area contributed by atoms with Crippen molar-refractivity contribution in [3.05, 3.63) is 59.0 Å². The summed E-state index contributed by atoms with van der Waals surface area (Å²) in [4.78, 5) is 18.6. The van der Waals surface area contributed by atoms with E-state index in [-0.39, 0.29) is 35.8 Å². The molecule has 45 heavy (non-hydrogen) atoms. The van der Waals surface area contributed by atoms with Crippen LogP contribution in [0.25, 0.3) is 22.8 Å². The molecule has 5 rings (SSSR count). The van der Waals surface area contributed by atoms with Crippen LogP contribution in [-0.2, 0) is 35.0 Å². The number of anilines is 1. The van der Waals surface area contributed by atoms with Crippen molar-refractivity contribution in [1.29, 1.82) is 0 Å². The third-order valence-electron chi connectivity index (χ3n) is 8.74. The van der Waals surface area contributed by atoms with Crippen molar-refractivity contribution in [2.75, 3.05) is 11.5 Å². The number of aryl methyl sites for hydroxylation is 2. The fourth-order valence-corrected chi connectivity index (χ4v) is 6.35. The molecule has 1 amide bonds. The smallest absolute Gasteiger partial charge is 0.415 e. The van der Waals surface area contributed by atoms with Crippen molar-refractivity contribution in [2.24, 2.45) is 0 Å². The number of imidazole rings is 1. The number of rotatable bonds is 9. The third-order valence-corrected chi connectivity index (χ3v) is 13.5. The fraction of sp³-hybridized carbons (Fsp3) is 0.484. The van der Waals surface area contributed by atoms with E-state index in [2.05, 4.69) is 43.9 Å². The van der Waals surface area contributed by atoms with Crippen LogP contribution in [0, 0.1) is 0 Å². The van der Waals surface area contributed by atoms with Crippen LogP contribution in [0.3, 0.4) is 0 Å². The number of alkyl halides is 3. The third kappa shape index (κ3) is 6.61. The van der Waals surface area contributed by atoms with Crippen LogP contribution >= 0.6 is 11.6 Å². The van der Waals surface area contributed by atoms with E-state index in [4.69, 9.17) is 21.1 Å². The average Bonchev–Trinajstić information content (AvgIpc) is 3.69. The molecule has 14 heteroatoms. The summed E-state index contributed by atoms with van der Waals surface area (Å²) < 4.78 is 51.4. The van der Waals surface area contributed by atoms with Gasteiger partial charge in [-0.2, -0.15) is 23.4 Å². The first-order valence-corrected chi connectivity index (χ1v) is 18.3. The lowest BCUT2D eigenvalue weighted by molar-refractivity contribution is -0.140. The van der Waals surface area contributed by atoms with Gasteiger partial charge in [0, 0.05) is 30.8 Å². The van der Waals surface area contributed by atoms with Gasteiger partial charge in [0.15, 0.2) is 14.0 Å². The SMILES string of the molecule is CCn1cc(C(F)(F)F)nc1-c1ccc(CN2C(=O)CCn3nc(-c4c(Cl)cnn4C(C)CO[Si](C)(C)C(C)(C)C)cc32)cc1. The van der Waals surface area contributed by atoms with Crippen LogP contribution in [0.1, 0.15) is 58.3 Å².